The van der Waals surface area contributed by atoms with Crippen molar-refractivity contribution in [3.05, 3.63) is 40.6 Å². The molecule has 3 heterocycles. The highest BCUT2D eigenvalue weighted by atomic mass is 35.5. The van der Waals surface area contributed by atoms with E-state index in [9.17, 15) is 8.78 Å². The molecule has 8 heteroatoms. The van der Waals surface area contributed by atoms with Gasteiger partial charge in [0.25, 0.3) is 5.92 Å². The van der Waals surface area contributed by atoms with Crippen molar-refractivity contribution in [1.29, 1.82) is 0 Å². The number of halogens is 3. The second-order valence-corrected chi connectivity index (χ2v) is 5.87. The molecule has 0 aliphatic heterocycles. The summed E-state index contributed by atoms with van der Waals surface area (Å²) >= 11 is 6.76. The second-order valence-electron chi connectivity index (χ2n) is 4.40. The number of thiophene rings is 1. The van der Waals surface area contributed by atoms with Crippen molar-refractivity contribution in [2.24, 2.45) is 0 Å². The number of hydrogen-bond acceptors (Lipinski definition) is 5. The Balaban J connectivity index is 1.97. The summed E-state index contributed by atoms with van der Waals surface area (Å²) in [4.78, 5) is 12.3. The maximum Gasteiger partial charge on any atom is 0.279 e. The number of nitrogens with zero attached hydrogens (tertiary/aromatic N) is 3. The molecule has 0 saturated carbocycles. The van der Waals surface area contributed by atoms with Gasteiger partial charge in [-0.05, 0) is 18.2 Å². The minimum absolute atomic E-state index is 0.00232. The van der Waals surface area contributed by atoms with Crippen molar-refractivity contribution < 1.29 is 8.78 Å². The zero-order valence-corrected chi connectivity index (χ0v) is 12.3. The molecule has 3 aromatic rings. The first-order valence-corrected chi connectivity index (χ1v) is 7.15. The smallest absolute Gasteiger partial charge is 0.279 e. The van der Waals surface area contributed by atoms with Crippen LogP contribution in [-0.2, 0) is 5.92 Å². The highest BCUT2D eigenvalue weighted by molar-refractivity contribution is 7.16. The normalized spacial score (nSPS) is 11.8. The molecular formula is C13H9ClF2N4S. The lowest BCUT2D eigenvalue weighted by Crippen LogP contribution is -2.02. The standard InChI is InChI=1S/C13H9ClF2N4S/c1-13(15,16)8-2-3-10(21-8)19-7-4-5-17-12-11(7)18-6-9(14)20-12/h2-6H,1H3,(H,17,19,20). The Morgan fingerprint density at radius 3 is 2.76 bits per heavy atom. The van der Waals surface area contributed by atoms with Gasteiger partial charge in [-0.25, -0.2) is 23.7 Å². The van der Waals surface area contributed by atoms with Crippen LogP contribution in [0.4, 0.5) is 19.5 Å². The predicted octanol–water partition coefficient (Wildman–Crippen LogP) is 4.60. The summed E-state index contributed by atoms with van der Waals surface area (Å²) in [5, 5.41) is 3.90. The summed E-state index contributed by atoms with van der Waals surface area (Å²) < 4.78 is 26.5. The Hall–Kier alpha value is -1.86. The Labute approximate surface area is 127 Å². The Morgan fingerprint density at radius 2 is 2.05 bits per heavy atom. The van der Waals surface area contributed by atoms with Crippen LogP contribution >= 0.6 is 22.9 Å². The summed E-state index contributed by atoms with van der Waals surface area (Å²) in [7, 11) is 0. The number of nitrogens with one attached hydrogen (secondary N) is 1. The number of rotatable bonds is 3. The average Bonchev–Trinajstić information content (AvgIpc) is 2.87. The number of alkyl halides is 2. The molecule has 0 unspecified atom stereocenters. The molecule has 4 nitrogen and oxygen atoms in total. The third-order valence-corrected chi connectivity index (χ3v) is 4.07. The minimum atomic E-state index is -2.85. The highest BCUT2D eigenvalue weighted by Gasteiger charge is 2.26. The van der Waals surface area contributed by atoms with Gasteiger partial charge in [-0.15, -0.1) is 11.3 Å². The molecule has 0 atom stereocenters. The van der Waals surface area contributed by atoms with E-state index in [-0.39, 0.29) is 10.0 Å². The fourth-order valence-electron chi connectivity index (χ4n) is 1.77. The van der Waals surface area contributed by atoms with Gasteiger partial charge >= 0.3 is 0 Å². The molecule has 3 rings (SSSR count). The average molecular weight is 327 g/mol. The molecule has 0 aliphatic rings. The molecule has 0 spiro atoms. The van der Waals surface area contributed by atoms with Crippen LogP contribution in [0.1, 0.15) is 11.8 Å². The monoisotopic (exact) mass is 326 g/mol. The van der Waals surface area contributed by atoms with Gasteiger partial charge in [0.15, 0.2) is 5.65 Å². The van der Waals surface area contributed by atoms with Gasteiger partial charge in [-0.1, -0.05) is 11.6 Å². The molecule has 108 valence electrons. The van der Waals surface area contributed by atoms with Crippen LogP contribution in [0.2, 0.25) is 5.15 Å². The lowest BCUT2D eigenvalue weighted by Gasteiger charge is -2.07. The van der Waals surface area contributed by atoms with Crippen LogP contribution in [-0.4, -0.2) is 15.0 Å². The molecule has 0 radical (unpaired) electrons. The quantitative estimate of drug-likeness (QED) is 0.764. The topological polar surface area (TPSA) is 50.7 Å². The van der Waals surface area contributed by atoms with E-state index < -0.39 is 5.92 Å². The first kappa shape index (κ1) is 14.1. The van der Waals surface area contributed by atoms with E-state index in [4.69, 9.17) is 11.6 Å². The van der Waals surface area contributed by atoms with Crippen molar-refractivity contribution in [3.8, 4) is 0 Å². The van der Waals surface area contributed by atoms with Crippen LogP contribution in [0.25, 0.3) is 11.2 Å². The Morgan fingerprint density at radius 1 is 1.24 bits per heavy atom. The zero-order chi connectivity index (χ0) is 15.0. The fraction of sp³-hybridized carbons (Fsp3) is 0.154. The maximum atomic E-state index is 13.2. The van der Waals surface area contributed by atoms with Gasteiger partial charge in [-0.2, -0.15) is 0 Å². The highest BCUT2D eigenvalue weighted by Crippen LogP contribution is 2.36. The molecule has 21 heavy (non-hydrogen) atoms. The molecule has 0 aromatic carbocycles. The third-order valence-electron chi connectivity index (χ3n) is 2.71. The van der Waals surface area contributed by atoms with Gasteiger partial charge in [0, 0.05) is 13.1 Å². The van der Waals surface area contributed by atoms with Crippen LogP contribution < -0.4 is 5.32 Å². The predicted molar refractivity (Wildman–Crippen MR) is 79.5 cm³/mol. The molecule has 3 aromatic heterocycles. The Bertz CT molecular complexity index is 800. The zero-order valence-electron chi connectivity index (χ0n) is 10.8. The first-order chi connectivity index (χ1) is 9.93. The Kier molecular flexibility index (Phi) is 3.46. The van der Waals surface area contributed by atoms with E-state index in [0.717, 1.165) is 18.3 Å². The lowest BCUT2D eigenvalue weighted by molar-refractivity contribution is 0.0215. The van der Waals surface area contributed by atoms with Crippen LogP contribution in [0.5, 0.6) is 0 Å². The SMILES string of the molecule is CC(F)(F)c1ccc(Nc2ccnc3nc(Cl)cnc23)s1. The summed E-state index contributed by atoms with van der Waals surface area (Å²) in [6, 6.07) is 4.71. The van der Waals surface area contributed by atoms with Gasteiger partial charge in [0.05, 0.1) is 21.8 Å². The molecule has 0 amide bonds. The van der Waals surface area contributed by atoms with E-state index in [1.807, 2.05) is 0 Å². The van der Waals surface area contributed by atoms with E-state index in [2.05, 4.69) is 20.3 Å². The first-order valence-electron chi connectivity index (χ1n) is 5.96. The lowest BCUT2D eigenvalue weighted by atomic mass is 10.3. The van der Waals surface area contributed by atoms with Gasteiger partial charge in [-0.3, -0.25) is 0 Å². The number of fused-ring (bicyclic) bond motifs is 1. The van der Waals surface area contributed by atoms with Crippen molar-refractivity contribution in [2.45, 2.75) is 12.8 Å². The maximum absolute atomic E-state index is 13.2. The van der Waals surface area contributed by atoms with E-state index >= 15 is 0 Å². The number of pyridine rings is 1. The fourth-order valence-corrected chi connectivity index (χ4v) is 2.75. The molecule has 0 aliphatic carbocycles. The molecule has 0 bridgehead atoms. The molecule has 1 N–H and O–H groups in total. The van der Waals surface area contributed by atoms with Gasteiger partial charge < -0.3 is 5.32 Å². The van der Waals surface area contributed by atoms with E-state index in [1.165, 1.54) is 12.3 Å². The largest absolute Gasteiger partial charge is 0.345 e. The van der Waals surface area contributed by atoms with Crippen molar-refractivity contribution in [2.75, 3.05) is 5.32 Å². The van der Waals surface area contributed by atoms with Crippen molar-refractivity contribution in [1.82, 2.24) is 15.0 Å². The van der Waals surface area contributed by atoms with Gasteiger partial charge in [0.1, 0.15) is 10.7 Å². The number of aromatic nitrogens is 3. The summed E-state index contributed by atoms with van der Waals surface area (Å²) in [6.45, 7) is 0.873. The summed E-state index contributed by atoms with van der Waals surface area (Å²) in [5.74, 6) is -2.85. The molecular weight excluding hydrogens is 318 g/mol. The summed E-state index contributed by atoms with van der Waals surface area (Å²) in [5.41, 5.74) is 1.56. The van der Waals surface area contributed by atoms with Gasteiger partial charge in [0.2, 0.25) is 0 Å². The van der Waals surface area contributed by atoms with E-state index in [0.29, 0.717) is 21.9 Å². The van der Waals surface area contributed by atoms with Crippen LogP contribution in [0.15, 0.2) is 30.6 Å². The number of hydrogen-bond donors (Lipinski definition) is 1. The molecule has 0 fully saturated rings. The van der Waals surface area contributed by atoms with E-state index in [1.54, 1.807) is 18.3 Å². The second kappa shape index (κ2) is 5.16. The third kappa shape index (κ3) is 2.93. The van der Waals surface area contributed by atoms with Crippen molar-refractivity contribution in [3.63, 3.8) is 0 Å². The summed E-state index contributed by atoms with van der Waals surface area (Å²) in [6.07, 6.45) is 2.97. The van der Waals surface area contributed by atoms with Crippen LogP contribution in [0, 0.1) is 0 Å². The minimum Gasteiger partial charge on any atom is -0.345 e. The molecule has 0 saturated heterocycles. The van der Waals surface area contributed by atoms with Crippen LogP contribution in [0.3, 0.4) is 0 Å². The van der Waals surface area contributed by atoms with Crippen molar-refractivity contribution >= 4 is 44.8 Å². The number of anilines is 2.